The number of ether oxygens (including phenoxy) is 2. The maximum atomic E-state index is 14.0. The molecule has 0 saturated heterocycles. The van der Waals surface area contributed by atoms with Gasteiger partial charge in [-0.15, -0.1) is 0 Å². The van der Waals surface area contributed by atoms with E-state index in [1.807, 2.05) is 0 Å². The third-order valence-corrected chi connectivity index (χ3v) is 3.54. The molecule has 1 aromatic rings. The second-order valence-electron chi connectivity index (χ2n) is 4.93. The Bertz CT molecular complexity index is 508. The molecule has 0 aromatic heterocycles. The first-order chi connectivity index (χ1) is 10.4. The molecule has 0 aliphatic carbocycles. The van der Waals surface area contributed by atoms with Gasteiger partial charge >= 0.3 is 0 Å². The summed E-state index contributed by atoms with van der Waals surface area (Å²) >= 11 is 0. The quantitative estimate of drug-likeness (QED) is 0.720. The molecule has 0 bridgehead atoms. The summed E-state index contributed by atoms with van der Waals surface area (Å²) in [5.74, 6) is -0.939. The molecule has 1 aromatic carbocycles. The molecule has 7 heteroatoms. The van der Waals surface area contributed by atoms with Crippen LogP contribution in [-0.4, -0.2) is 43.5 Å². The standard InChI is InChI=1S/C15H21F3O4/c1-8-9(7-11(18)10(17)5-4-6-16)13(20)15(22-3)14(21-2)12(8)19/h10-11,19-20H,4-7H2,1-3H3. The van der Waals surface area contributed by atoms with Gasteiger partial charge in [0.2, 0.25) is 11.5 Å². The Labute approximate surface area is 127 Å². The van der Waals surface area contributed by atoms with Crippen LogP contribution in [0.25, 0.3) is 0 Å². The lowest BCUT2D eigenvalue weighted by Gasteiger charge is -2.20. The van der Waals surface area contributed by atoms with Crippen LogP contribution in [0.3, 0.4) is 0 Å². The third kappa shape index (κ3) is 3.69. The average molecular weight is 322 g/mol. The van der Waals surface area contributed by atoms with E-state index in [9.17, 15) is 23.4 Å². The lowest BCUT2D eigenvalue weighted by Crippen LogP contribution is -2.20. The van der Waals surface area contributed by atoms with Crippen molar-refractivity contribution in [3.63, 3.8) is 0 Å². The van der Waals surface area contributed by atoms with E-state index in [1.165, 1.54) is 21.1 Å². The summed E-state index contributed by atoms with van der Waals surface area (Å²) in [6.45, 7) is 0.739. The molecule has 0 amide bonds. The molecule has 2 N–H and O–H groups in total. The summed E-state index contributed by atoms with van der Waals surface area (Å²) in [5.41, 5.74) is 0.209. The number of phenolic OH excluding ortho intramolecular Hbond substituents is 2. The summed E-state index contributed by atoms with van der Waals surface area (Å²) in [4.78, 5) is 0. The topological polar surface area (TPSA) is 58.9 Å². The predicted molar refractivity (Wildman–Crippen MR) is 76.3 cm³/mol. The van der Waals surface area contributed by atoms with Gasteiger partial charge in [0.25, 0.3) is 0 Å². The Balaban J connectivity index is 3.12. The van der Waals surface area contributed by atoms with Crippen LogP contribution in [0.4, 0.5) is 13.2 Å². The zero-order valence-electron chi connectivity index (χ0n) is 12.8. The van der Waals surface area contributed by atoms with Crippen LogP contribution in [0, 0.1) is 6.92 Å². The number of phenols is 2. The maximum absolute atomic E-state index is 14.0. The fourth-order valence-corrected chi connectivity index (χ4v) is 2.25. The van der Waals surface area contributed by atoms with E-state index < -0.39 is 31.2 Å². The van der Waals surface area contributed by atoms with Gasteiger partial charge in [-0.25, -0.2) is 8.78 Å². The van der Waals surface area contributed by atoms with Crippen molar-refractivity contribution >= 4 is 0 Å². The van der Waals surface area contributed by atoms with Crippen molar-refractivity contribution in [3.8, 4) is 23.0 Å². The molecule has 0 spiro atoms. The normalized spacial score (nSPS) is 13.7. The highest BCUT2D eigenvalue weighted by Gasteiger charge is 2.28. The van der Waals surface area contributed by atoms with Crippen LogP contribution in [-0.2, 0) is 6.42 Å². The molecule has 0 saturated carbocycles. The Morgan fingerprint density at radius 3 is 2.05 bits per heavy atom. The first kappa shape index (κ1) is 18.3. The second-order valence-corrected chi connectivity index (χ2v) is 4.93. The van der Waals surface area contributed by atoms with Gasteiger partial charge < -0.3 is 19.7 Å². The zero-order valence-corrected chi connectivity index (χ0v) is 12.8. The van der Waals surface area contributed by atoms with Crippen molar-refractivity contribution < 1.29 is 32.9 Å². The average Bonchev–Trinajstić information content (AvgIpc) is 2.51. The Hall–Kier alpha value is -1.79. The smallest absolute Gasteiger partial charge is 0.207 e. The monoisotopic (exact) mass is 322 g/mol. The summed E-state index contributed by atoms with van der Waals surface area (Å²) < 4.78 is 49.5. The molecule has 2 unspecified atom stereocenters. The van der Waals surface area contributed by atoms with E-state index in [4.69, 9.17) is 9.47 Å². The van der Waals surface area contributed by atoms with Crippen molar-refractivity contribution in [2.75, 3.05) is 20.9 Å². The summed E-state index contributed by atoms with van der Waals surface area (Å²) in [7, 11) is 2.53. The maximum Gasteiger partial charge on any atom is 0.207 e. The van der Waals surface area contributed by atoms with Crippen LogP contribution in [0.5, 0.6) is 23.0 Å². The first-order valence-corrected chi connectivity index (χ1v) is 6.88. The summed E-state index contributed by atoms with van der Waals surface area (Å²) in [6.07, 6.45) is -4.53. The number of halogens is 3. The number of benzene rings is 1. The van der Waals surface area contributed by atoms with Crippen molar-refractivity contribution in [1.29, 1.82) is 0 Å². The Morgan fingerprint density at radius 1 is 1.00 bits per heavy atom. The highest BCUT2D eigenvalue weighted by atomic mass is 19.2. The molecular weight excluding hydrogens is 301 g/mol. The molecule has 4 nitrogen and oxygen atoms in total. The molecular formula is C15H21F3O4. The minimum atomic E-state index is -1.92. The fraction of sp³-hybridized carbons (Fsp3) is 0.600. The lowest BCUT2D eigenvalue weighted by molar-refractivity contribution is 0.151. The second kappa shape index (κ2) is 8.00. The number of methoxy groups -OCH3 is 2. The molecule has 126 valence electrons. The van der Waals surface area contributed by atoms with Gasteiger partial charge in [0.1, 0.15) is 12.3 Å². The zero-order chi connectivity index (χ0) is 16.9. The van der Waals surface area contributed by atoms with Crippen LogP contribution in [0.1, 0.15) is 24.0 Å². The van der Waals surface area contributed by atoms with Crippen LogP contribution >= 0.6 is 0 Å². The first-order valence-electron chi connectivity index (χ1n) is 6.88. The van der Waals surface area contributed by atoms with Crippen molar-refractivity contribution in [1.82, 2.24) is 0 Å². The summed E-state index contributed by atoms with van der Waals surface area (Å²) in [5, 5.41) is 20.2. The van der Waals surface area contributed by atoms with Gasteiger partial charge in [-0.05, 0) is 19.8 Å². The van der Waals surface area contributed by atoms with E-state index in [0.29, 0.717) is 0 Å². The number of hydrogen-bond donors (Lipinski definition) is 2. The van der Waals surface area contributed by atoms with Gasteiger partial charge in [-0.3, -0.25) is 4.39 Å². The molecule has 0 aliphatic heterocycles. The van der Waals surface area contributed by atoms with Gasteiger partial charge in [-0.1, -0.05) is 0 Å². The number of aromatic hydroxyl groups is 2. The highest BCUT2D eigenvalue weighted by Crippen LogP contribution is 2.48. The Kier molecular flexibility index (Phi) is 6.64. The van der Waals surface area contributed by atoms with Gasteiger partial charge in [0.15, 0.2) is 11.5 Å². The van der Waals surface area contributed by atoms with E-state index in [-0.39, 0.29) is 41.2 Å². The lowest BCUT2D eigenvalue weighted by atomic mass is 9.96. The molecule has 0 heterocycles. The fourth-order valence-electron chi connectivity index (χ4n) is 2.25. The van der Waals surface area contributed by atoms with Gasteiger partial charge in [0, 0.05) is 17.5 Å². The minimum Gasteiger partial charge on any atom is -0.504 e. The molecule has 0 aliphatic rings. The highest BCUT2D eigenvalue weighted by molar-refractivity contribution is 5.65. The number of alkyl halides is 3. The molecule has 0 radical (unpaired) electrons. The van der Waals surface area contributed by atoms with Crippen molar-refractivity contribution in [2.45, 2.75) is 38.5 Å². The molecule has 1 rings (SSSR count). The minimum absolute atomic E-state index is 0.0329. The third-order valence-electron chi connectivity index (χ3n) is 3.54. The van der Waals surface area contributed by atoms with E-state index in [2.05, 4.69) is 0 Å². The predicted octanol–water partition coefficient (Wildman–Crippen LogP) is 3.39. The van der Waals surface area contributed by atoms with Crippen LogP contribution in [0.2, 0.25) is 0 Å². The largest absolute Gasteiger partial charge is 0.504 e. The molecule has 2 atom stereocenters. The van der Waals surface area contributed by atoms with Crippen LogP contribution < -0.4 is 9.47 Å². The number of rotatable bonds is 8. The van der Waals surface area contributed by atoms with E-state index >= 15 is 0 Å². The Morgan fingerprint density at radius 2 is 1.55 bits per heavy atom. The summed E-state index contributed by atoms with van der Waals surface area (Å²) in [6, 6.07) is 0. The molecule has 0 fully saturated rings. The van der Waals surface area contributed by atoms with Crippen LogP contribution in [0.15, 0.2) is 0 Å². The van der Waals surface area contributed by atoms with Crippen molar-refractivity contribution in [3.05, 3.63) is 11.1 Å². The van der Waals surface area contributed by atoms with Crippen molar-refractivity contribution in [2.24, 2.45) is 0 Å². The van der Waals surface area contributed by atoms with Gasteiger partial charge in [0.05, 0.1) is 20.9 Å². The van der Waals surface area contributed by atoms with Gasteiger partial charge in [-0.2, -0.15) is 0 Å². The number of hydrogen-bond acceptors (Lipinski definition) is 4. The molecule has 22 heavy (non-hydrogen) atoms. The SMILES string of the molecule is COc1c(O)c(C)c(CC(F)C(F)CCCF)c(O)c1OC. The van der Waals surface area contributed by atoms with E-state index in [0.717, 1.165) is 0 Å². The van der Waals surface area contributed by atoms with E-state index in [1.54, 1.807) is 0 Å².